The highest BCUT2D eigenvalue weighted by molar-refractivity contribution is 5.88. The molecule has 6 heteroatoms. The molecule has 0 spiro atoms. The highest BCUT2D eigenvalue weighted by Gasteiger charge is 2.30. The zero-order chi connectivity index (χ0) is 25.2. The fourth-order valence-corrected chi connectivity index (χ4v) is 4.79. The average Bonchev–Trinajstić information content (AvgIpc) is 2.88. The van der Waals surface area contributed by atoms with Crippen molar-refractivity contribution in [1.29, 1.82) is 0 Å². The van der Waals surface area contributed by atoms with Gasteiger partial charge in [-0.25, -0.2) is 0 Å². The lowest BCUT2D eigenvalue weighted by Gasteiger charge is -2.33. The van der Waals surface area contributed by atoms with Gasteiger partial charge in [-0.2, -0.15) is 0 Å². The van der Waals surface area contributed by atoms with Gasteiger partial charge in [-0.15, -0.1) is 0 Å². The van der Waals surface area contributed by atoms with Crippen molar-refractivity contribution in [3.8, 4) is 11.5 Å². The van der Waals surface area contributed by atoms with E-state index in [1.165, 1.54) is 12.0 Å². The summed E-state index contributed by atoms with van der Waals surface area (Å²) in [6.45, 7) is 4.44. The van der Waals surface area contributed by atoms with Crippen molar-refractivity contribution in [2.24, 2.45) is 0 Å². The van der Waals surface area contributed by atoms with E-state index < -0.39 is 6.04 Å². The maximum absolute atomic E-state index is 13.6. The molecule has 6 nitrogen and oxygen atoms in total. The van der Waals surface area contributed by atoms with E-state index in [2.05, 4.69) is 5.32 Å². The molecule has 0 unspecified atom stereocenters. The molecule has 2 aromatic carbocycles. The summed E-state index contributed by atoms with van der Waals surface area (Å²) in [5.41, 5.74) is 3.19. The molecule has 3 rings (SSSR count). The molecule has 1 aliphatic rings. The van der Waals surface area contributed by atoms with Crippen LogP contribution in [0.4, 0.5) is 0 Å². The number of amides is 2. The topological polar surface area (TPSA) is 67.9 Å². The molecule has 0 saturated heterocycles. The minimum Gasteiger partial charge on any atom is -0.493 e. The molecule has 1 atom stereocenters. The third-order valence-electron chi connectivity index (χ3n) is 6.89. The van der Waals surface area contributed by atoms with E-state index in [1.807, 2.05) is 56.3 Å². The second-order valence-corrected chi connectivity index (χ2v) is 9.46. The van der Waals surface area contributed by atoms with Crippen molar-refractivity contribution in [1.82, 2.24) is 10.2 Å². The Balaban J connectivity index is 1.76. The summed E-state index contributed by atoms with van der Waals surface area (Å²) < 4.78 is 10.7. The van der Waals surface area contributed by atoms with Gasteiger partial charge in [0.05, 0.1) is 14.2 Å². The van der Waals surface area contributed by atoms with Crippen molar-refractivity contribution in [2.75, 3.05) is 14.2 Å². The zero-order valence-corrected chi connectivity index (χ0v) is 21.6. The van der Waals surface area contributed by atoms with Crippen molar-refractivity contribution in [2.45, 2.75) is 83.8 Å². The van der Waals surface area contributed by atoms with Gasteiger partial charge in [0.2, 0.25) is 11.8 Å². The van der Waals surface area contributed by atoms with E-state index in [-0.39, 0.29) is 17.9 Å². The van der Waals surface area contributed by atoms with Crippen LogP contribution in [-0.2, 0) is 22.6 Å². The number of ether oxygens (including phenoxy) is 2. The first-order chi connectivity index (χ1) is 16.9. The highest BCUT2D eigenvalue weighted by atomic mass is 16.5. The number of methoxy groups -OCH3 is 2. The first kappa shape index (κ1) is 26.6. The molecule has 0 bridgehead atoms. The Bertz CT molecular complexity index is 967. The van der Waals surface area contributed by atoms with Crippen molar-refractivity contribution in [3.63, 3.8) is 0 Å². The van der Waals surface area contributed by atoms with Crippen molar-refractivity contribution in [3.05, 3.63) is 59.2 Å². The Hall–Kier alpha value is -3.02. The van der Waals surface area contributed by atoms with Crippen LogP contribution in [0.3, 0.4) is 0 Å². The second kappa shape index (κ2) is 13.2. The number of aryl methyl sites for hydroxylation is 2. The minimum atomic E-state index is -0.490. The molecular formula is C29H40N2O4. The summed E-state index contributed by atoms with van der Waals surface area (Å²) in [4.78, 5) is 28.6. The minimum absolute atomic E-state index is 0.0222. The molecule has 1 saturated carbocycles. The van der Waals surface area contributed by atoms with Crippen LogP contribution in [0.1, 0.15) is 68.6 Å². The van der Waals surface area contributed by atoms with Gasteiger partial charge in [-0.3, -0.25) is 9.59 Å². The van der Waals surface area contributed by atoms with Crippen LogP contribution >= 0.6 is 0 Å². The number of carbonyl (C=O) groups excluding carboxylic acids is 2. The van der Waals surface area contributed by atoms with Gasteiger partial charge in [-0.1, -0.05) is 62.1 Å². The molecule has 1 aliphatic carbocycles. The van der Waals surface area contributed by atoms with Crippen molar-refractivity contribution < 1.29 is 19.1 Å². The van der Waals surface area contributed by atoms with Gasteiger partial charge in [-0.05, 0) is 55.9 Å². The van der Waals surface area contributed by atoms with E-state index in [0.717, 1.165) is 36.8 Å². The molecular weight excluding hydrogens is 440 g/mol. The average molecular weight is 481 g/mol. The van der Waals surface area contributed by atoms with Crippen LogP contribution in [0.25, 0.3) is 0 Å². The number of rotatable bonds is 11. The Morgan fingerprint density at radius 2 is 1.63 bits per heavy atom. The molecule has 0 aliphatic heterocycles. The predicted octanol–water partition coefficient (Wildman–Crippen LogP) is 5.20. The lowest BCUT2D eigenvalue weighted by atomic mass is 9.95. The zero-order valence-electron chi connectivity index (χ0n) is 21.6. The van der Waals surface area contributed by atoms with E-state index in [1.54, 1.807) is 19.1 Å². The number of benzene rings is 2. The van der Waals surface area contributed by atoms with Gasteiger partial charge in [0.15, 0.2) is 11.5 Å². The number of hydrogen-bond donors (Lipinski definition) is 1. The van der Waals surface area contributed by atoms with Crippen LogP contribution < -0.4 is 14.8 Å². The molecule has 0 radical (unpaired) electrons. The maximum atomic E-state index is 13.6. The summed E-state index contributed by atoms with van der Waals surface area (Å²) in [5.74, 6) is 1.25. The maximum Gasteiger partial charge on any atom is 0.243 e. The fourth-order valence-electron chi connectivity index (χ4n) is 4.79. The number of carbonyl (C=O) groups is 2. The van der Waals surface area contributed by atoms with Gasteiger partial charge < -0.3 is 19.7 Å². The van der Waals surface area contributed by atoms with Gasteiger partial charge in [0.25, 0.3) is 0 Å². The fraction of sp³-hybridized carbons (Fsp3) is 0.517. The van der Waals surface area contributed by atoms with E-state index >= 15 is 0 Å². The summed E-state index contributed by atoms with van der Waals surface area (Å²) in [6, 6.07) is 13.6. The first-order valence-electron chi connectivity index (χ1n) is 12.8. The molecule has 2 aromatic rings. The Kier molecular flexibility index (Phi) is 10.0. The summed E-state index contributed by atoms with van der Waals surface area (Å²) >= 11 is 0. The predicted molar refractivity (Wildman–Crippen MR) is 139 cm³/mol. The van der Waals surface area contributed by atoms with Crippen LogP contribution in [0.15, 0.2) is 42.5 Å². The second-order valence-electron chi connectivity index (χ2n) is 9.46. The van der Waals surface area contributed by atoms with Crippen molar-refractivity contribution >= 4 is 11.8 Å². The monoisotopic (exact) mass is 480 g/mol. The van der Waals surface area contributed by atoms with Gasteiger partial charge in [0.1, 0.15) is 6.04 Å². The molecule has 1 N–H and O–H groups in total. The largest absolute Gasteiger partial charge is 0.493 e. The molecule has 35 heavy (non-hydrogen) atoms. The molecule has 2 amide bonds. The quantitative estimate of drug-likeness (QED) is 0.480. The van der Waals surface area contributed by atoms with Crippen LogP contribution in [0.5, 0.6) is 11.5 Å². The van der Waals surface area contributed by atoms with Crippen LogP contribution in [-0.4, -0.2) is 43.0 Å². The molecule has 1 fully saturated rings. The van der Waals surface area contributed by atoms with Gasteiger partial charge in [0, 0.05) is 19.0 Å². The lowest BCUT2D eigenvalue weighted by Crippen LogP contribution is -2.51. The first-order valence-corrected chi connectivity index (χ1v) is 12.8. The van der Waals surface area contributed by atoms with E-state index in [4.69, 9.17) is 9.47 Å². The summed E-state index contributed by atoms with van der Waals surface area (Å²) in [6.07, 6.45) is 7.03. The SMILES string of the molecule is CC[C@@H](C(=O)NC1CCCCC1)N(Cc1ccc(C)cc1)C(=O)CCc1ccc(OC)c(OC)c1. The third kappa shape index (κ3) is 7.48. The standard InChI is InChI=1S/C29H40N2O4/c1-5-25(29(33)30-24-9-7-6-8-10-24)31(20-23-13-11-21(2)12-14-23)28(32)18-16-22-15-17-26(34-3)27(19-22)35-4/h11-15,17,19,24-25H,5-10,16,18,20H2,1-4H3,(H,30,33)/t25-/m0/s1. The smallest absolute Gasteiger partial charge is 0.243 e. The van der Waals surface area contributed by atoms with Crippen LogP contribution in [0.2, 0.25) is 0 Å². The summed E-state index contributed by atoms with van der Waals surface area (Å²) in [5, 5.41) is 3.24. The molecule has 0 heterocycles. The van der Waals surface area contributed by atoms with Gasteiger partial charge >= 0.3 is 0 Å². The summed E-state index contributed by atoms with van der Waals surface area (Å²) in [7, 11) is 3.21. The Morgan fingerprint density at radius 1 is 0.971 bits per heavy atom. The number of nitrogens with one attached hydrogen (secondary N) is 1. The van der Waals surface area contributed by atoms with E-state index in [0.29, 0.717) is 37.3 Å². The van der Waals surface area contributed by atoms with Crippen LogP contribution in [0, 0.1) is 6.92 Å². The Morgan fingerprint density at radius 3 is 2.26 bits per heavy atom. The highest BCUT2D eigenvalue weighted by Crippen LogP contribution is 2.28. The third-order valence-corrected chi connectivity index (χ3v) is 6.89. The molecule has 190 valence electrons. The number of hydrogen-bond acceptors (Lipinski definition) is 4. The molecule has 0 aromatic heterocycles. The van der Waals surface area contributed by atoms with E-state index in [9.17, 15) is 9.59 Å². The normalized spacial score (nSPS) is 14.7. The Labute approximate surface area is 210 Å². The lowest BCUT2D eigenvalue weighted by molar-refractivity contribution is -0.141. The number of nitrogens with zero attached hydrogens (tertiary/aromatic N) is 1.